The van der Waals surface area contributed by atoms with Crippen LogP contribution in [0.5, 0.6) is 5.75 Å². The van der Waals surface area contributed by atoms with E-state index in [0.29, 0.717) is 12.3 Å². The van der Waals surface area contributed by atoms with Gasteiger partial charge in [-0.15, -0.1) is 0 Å². The van der Waals surface area contributed by atoms with Crippen LogP contribution in [0, 0.1) is 0 Å². The van der Waals surface area contributed by atoms with Crippen molar-refractivity contribution >= 4 is 0 Å². The number of aliphatic hydroxyl groups is 1. The Hall–Kier alpha value is -1.80. The minimum atomic E-state index is 0.154. The highest BCUT2D eigenvalue weighted by Gasteiger charge is 2.13. The summed E-state index contributed by atoms with van der Waals surface area (Å²) in [6, 6.07) is 16.5. The number of hydrogen-bond acceptors (Lipinski definition) is 2. The molecule has 0 saturated heterocycles. The van der Waals surface area contributed by atoms with Crippen molar-refractivity contribution in [2.24, 2.45) is 0 Å². The average molecular weight is 256 g/mol. The molecule has 0 fully saturated rings. The molecule has 0 spiro atoms. The molecule has 0 aliphatic rings. The molecule has 0 aliphatic heterocycles. The summed E-state index contributed by atoms with van der Waals surface area (Å²) in [6.45, 7) is 2.35. The standard InChI is InChI=1S/C17H20O2/c1-13(14-6-4-3-5-7-14)17-9-8-16(19-2)12-15(17)10-11-18/h3-9,12-13,18H,10-11H2,1-2H3. The second-order valence-corrected chi connectivity index (χ2v) is 4.67. The summed E-state index contributed by atoms with van der Waals surface area (Å²) in [5.41, 5.74) is 3.69. The molecule has 0 saturated carbocycles. The first kappa shape index (κ1) is 13.6. The highest BCUT2D eigenvalue weighted by molar-refractivity contribution is 5.42. The second-order valence-electron chi connectivity index (χ2n) is 4.67. The first-order chi connectivity index (χ1) is 9.26. The zero-order chi connectivity index (χ0) is 13.7. The Morgan fingerprint density at radius 2 is 1.84 bits per heavy atom. The lowest BCUT2D eigenvalue weighted by Crippen LogP contribution is -2.03. The van der Waals surface area contributed by atoms with Crippen molar-refractivity contribution in [3.8, 4) is 5.75 Å². The van der Waals surface area contributed by atoms with Gasteiger partial charge in [0.1, 0.15) is 5.75 Å². The van der Waals surface area contributed by atoms with Crippen LogP contribution in [0.2, 0.25) is 0 Å². The Labute approximate surface area is 114 Å². The zero-order valence-corrected chi connectivity index (χ0v) is 11.5. The average Bonchev–Trinajstić information content (AvgIpc) is 2.47. The van der Waals surface area contributed by atoms with Crippen LogP contribution in [0.4, 0.5) is 0 Å². The largest absolute Gasteiger partial charge is 0.497 e. The summed E-state index contributed by atoms with van der Waals surface area (Å²) < 4.78 is 5.26. The maximum absolute atomic E-state index is 9.22. The van der Waals surface area contributed by atoms with Gasteiger partial charge in [-0.25, -0.2) is 0 Å². The van der Waals surface area contributed by atoms with Gasteiger partial charge in [-0.2, -0.15) is 0 Å². The molecule has 1 N–H and O–H groups in total. The number of methoxy groups -OCH3 is 1. The third-order valence-electron chi connectivity index (χ3n) is 3.50. The summed E-state index contributed by atoms with van der Waals surface area (Å²) in [4.78, 5) is 0. The molecule has 100 valence electrons. The van der Waals surface area contributed by atoms with E-state index in [-0.39, 0.29) is 6.61 Å². The van der Waals surface area contributed by atoms with Gasteiger partial charge >= 0.3 is 0 Å². The second kappa shape index (κ2) is 6.39. The van der Waals surface area contributed by atoms with Gasteiger partial charge in [0.05, 0.1) is 7.11 Å². The van der Waals surface area contributed by atoms with Crippen molar-refractivity contribution in [2.75, 3.05) is 13.7 Å². The fourth-order valence-corrected chi connectivity index (χ4v) is 2.39. The first-order valence-corrected chi connectivity index (χ1v) is 6.59. The van der Waals surface area contributed by atoms with Gasteiger partial charge in [-0.05, 0) is 35.2 Å². The van der Waals surface area contributed by atoms with Crippen molar-refractivity contribution in [1.29, 1.82) is 0 Å². The van der Waals surface area contributed by atoms with Gasteiger partial charge in [0.25, 0.3) is 0 Å². The third kappa shape index (κ3) is 3.15. The molecule has 0 aromatic heterocycles. The summed E-state index contributed by atoms with van der Waals surface area (Å²) in [5, 5.41) is 9.22. The van der Waals surface area contributed by atoms with E-state index in [0.717, 1.165) is 11.3 Å². The molecule has 2 aromatic rings. The number of aliphatic hydroxyl groups excluding tert-OH is 1. The van der Waals surface area contributed by atoms with Crippen molar-refractivity contribution < 1.29 is 9.84 Å². The minimum Gasteiger partial charge on any atom is -0.497 e. The molecule has 0 radical (unpaired) electrons. The molecule has 2 rings (SSSR count). The molecule has 2 nitrogen and oxygen atoms in total. The Balaban J connectivity index is 2.38. The van der Waals surface area contributed by atoms with Gasteiger partial charge in [-0.3, -0.25) is 0 Å². The van der Waals surface area contributed by atoms with Crippen LogP contribution < -0.4 is 4.74 Å². The van der Waals surface area contributed by atoms with Crippen LogP contribution in [-0.2, 0) is 6.42 Å². The van der Waals surface area contributed by atoms with E-state index in [1.165, 1.54) is 11.1 Å². The lowest BCUT2D eigenvalue weighted by molar-refractivity contribution is 0.299. The maximum Gasteiger partial charge on any atom is 0.119 e. The molecule has 0 heterocycles. The van der Waals surface area contributed by atoms with Gasteiger partial charge in [0, 0.05) is 12.5 Å². The zero-order valence-electron chi connectivity index (χ0n) is 11.5. The monoisotopic (exact) mass is 256 g/mol. The molecular formula is C17H20O2. The smallest absolute Gasteiger partial charge is 0.119 e. The molecule has 1 unspecified atom stereocenters. The Kier molecular flexibility index (Phi) is 4.58. The topological polar surface area (TPSA) is 29.5 Å². The van der Waals surface area contributed by atoms with Gasteiger partial charge in [0.15, 0.2) is 0 Å². The first-order valence-electron chi connectivity index (χ1n) is 6.59. The van der Waals surface area contributed by atoms with E-state index in [9.17, 15) is 5.11 Å². The quantitative estimate of drug-likeness (QED) is 0.888. The summed E-state index contributed by atoms with van der Waals surface area (Å²) in [6.07, 6.45) is 0.656. The fourth-order valence-electron chi connectivity index (χ4n) is 2.39. The number of benzene rings is 2. The molecule has 1 atom stereocenters. The molecule has 0 aliphatic carbocycles. The van der Waals surface area contributed by atoms with Crippen LogP contribution >= 0.6 is 0 Å². The Bertz CT molecular complexity index is 520. The maximum atomic E-state index is 9.22. The van der Waals surface area contributed by atoms with E-state index in [4.69, 9.17) is 4.74 Å². The molecule has 2 aromatic carbocycles. The van der Waals surface area contributed by atoms with Crippen molar-refractivity contribution in [3.05, 3.63) is 65.2 Å². The lowest BCUT2D eigenvalue weighted by Gasteiger charge is -2.17. The van der Waals surface area contributed by atoms with E-state index >= 15 is 0 Å². The summed E-state index contributed by atoms with van der Waals surface area (Å²) in [5.74, 6) is 1.15. The van der Waals surface area contributed by atoms with E-state index in [1.807, 2.05) is 18.2 Å². The SMILES string of the molecule is COc1ccc(C(C)c2ccccc2)c(CCO)c1. The minimum absolute atomic E-state index is 0.154. The van der Waals surface area contributed by atoms with Crippen LogP contribution in [0.3, 0.4) is 0 Å². The number of ether oxygens (including phenoxy) is 1. The van der Waals surface area contributed by atoms with Crippen LogP contribution in [0.1, 0.15) is 29.5 Å². The highest BCUT2D eigenvalue weighted by Crippen LogP contribution is 2.29. The molecule has 0 bridgehead atoms. The molecule has 2 heteroatoms. The van der Waals surface area contributed by atoms with E-state index in [2.05, 4.69) is 37.3 Å². The summed E-state index contributed by atoms with van der Waals surface area (Å²) in [7, 11) is 1.67. The lowest BCUT2D eigenvalue weighted by atomic mass is 9.88. The van der Waals surface area contributed by atoms with Crippen molar-refractivity contribution in [2.45, 2.75) is 19.3 Å². The normalized spacial score (nSPS) is 12.2. The number of rotatable bonds is 5. The van der Waals surface area contributed by atoms with Crippen molar-refractivity contribution in [1.82, 2.24) is 0 Å². The predicted molar refractivity (Wildman–Crippen MR) is 77.7 cm³/mol. The van der Waals surface area contributed by atoms with Crippen LogP contribution in [0.15, 0.2) is 48.5 Å². The van der Waals surface area contributed by atoms with E-state index in [1.54, 1.807) is 7.11 Å². The molecule has 0 amide bonds. The van der Waals surface area contributed by atoms with Gasteiger partial charge in [-0.1, -0.05) is 43.3 Å². The predicted octanol–water partition coefficient (Wildman–Crippen LogP) is 3.38. The fraction of sp³-hybridized carbons (Fsp3) is 0.294. The van der Waals surface area contributed by atoms with Gasteiger partial charge in [0.2, 0.25) is 0 Å². The summed E-state index contributed by atoms with van der Waals surface area (Å²) >= 11 is 0. The third-order valence-corrected chi connectivity index (χ3v) is 3.50. The van der Waals surface area contributed by atoms with Crippen LogP contribution in [0.25, 0.3) is 0 Å². The molecule has 19 heavy (non-hydrogen) atoms. The Morgan fingerprint density at radius 3 is 2.47 bits per heavy atom. The Morgan fingerprint density at radius 1 is 1.11 bits per heavy atom. The number of hydrogen-bond donors (Lipinski definition) is 1. The van der Waals surface area contributed by atoms with Gasteiger partial charge < -0.3 is 9.84 Å². The van der Waals surface area contributed by atoms with Crippen LogP contribution in [-0.4, -0.2) is 18.8 Å². The molecular weight excluding hydrogens is 236 g/mol. The van der Waals surface area contributed by atoms with Crippen molar-refractivity contribution in [3.63, 3.8) is 0 Å². The highest BCUT2D eigenvalue weighted by atomic mass is 16.5. The van der Waals surface area contributed by atoms with E-state index < -0.39 is 0 Å².